The molecular formula is C41H71N3O5. The van der Waals surface area contributed by atoms with Gasteiger partial charge in [-0.1, -0.05) is 61.3 Å². The standard InChI is InChI=1S/C41H71N3O5/c1-18-19-20-32(27-21-30(36(2,3)4)33(45)31(22-27)37(5,6)7)44(34(46)48-28-23-38(8,9)42(16)39(10,11)24-28)35(47)49-29-25-40(12,13)43(17)41(14,15)26-29/h21-22,28-29,32,45H,18-20,23-26H2,1-17H3. The Hall–Kier alpha value is -2.32. The number of unbranched alkanes of at least 4 members (excludes halogenated alkanes) is 1. The summed E-state index contributed by atoms with van der Waals surface area (Å²) in [4.78, 5) is 35.3. The number of nitrogens with zero attached hydrogens (tertiary/aromatic N) is 3. The fourth-order valence-electron chi connectivity index (χ4n) is 8.29. The number of carbonyl (C=O) groups is 2. The fourth-order valence-corrected chi connectivity index (χ4v) is 8.29. The Morgan fingerprint density at radius 2 is 1.08 bits per heavy atom. The molecule has 2 aliphatic rings. The minimum atomic E-state index is -0.665. The van der Waals surface area contributed by atoms with Gasteiger partial charge in [0.25, 0.3) is 0 Å². The van der Waals surface area contributed by atoms with Gasteiger partial charge in [-0.15, -0.1) is 0 Å². The lowest BCUT2D eigenvalue weighted by Gasteiger charge is -2.53. The number of benzene rings is 1. The Bertz CT molecular complexity index is 1220. The third-order valence-corrected chi connectivity index (χ3v) is 11.7. The van der Waals surface area contributed by atoms with E-state index in [2.05, 4.69) is 128 Å². The zero-order valence-electron chi connectivity index (χ0n) is 34.3. The second-order valence-electron chi connectivity index (χ2n) is 19.7. The molecule has 0 saturated carbocycles. The van der Waals surface area contributed by atoms with Gasteiger partial charge in [-0.2, -0.15) is 0 Å². The monoisotopic (exact) mass is 686 g/mol. The molecule has 2 aliphatic heterocycles. The maximum Gasteiger partial charge on any atom is 0.420 e. The van der Waals surface area contributed by atoms with Crippen molar-refractivity contribution in [3.8, 4) is 5.75 Å². The van der Waals surface area contributed by atoms with Crippen LogP contribution in [0.1, 0.15) is 172 Å². The molecule has 1 aromatic carbocycles. The van der Waals surface area contributed by atoms with Gasteiger partial charge in [0.15, 0.2) is 0 Å². The van der Waals surface area contributed by atoms with E-state index in [1.807, 2.05) is 12.1 Å². The topological polar surface area (TPSA) is 82.5 Å². The van der Waals surface area contributed by atoms with Gasteiger partial charge in [-0.05, 0) is 116 Å². The summed E-state index contributed by atoms with van der Waals surface area (Å²) in [7, 11) is 4.25. The zero-order chi connectivity index (χ0) is 37.7. The smallest absolute Gasteiger partial charge is 0.420 e. The number of rotatable bonds is 7. The minimum Gasteiger partial charge on any atom is -0.507 e. The van der Waals surface area contributed by atoms with E-state index in [0.717, 1.165) is 29.5 Å². The third kappa shape index (κ3) is 9.13. The molecule has 49 heavy (non-hydrogen) atoms. The Morgan fingerprint density at radius 1 is 0.755 bits per heavy atom. The molecule has 0 aromatic heterocycles. The summed E-state index contributed by atoms with van der Waals surface area (Å²) in [6, 6.07) is 3.34. The van der Waals surface area contributed by atoms with Crippen LogP contribution in [0, 0.1) is 0 Å². The molecule has 3 rings (SSSR count). The van der Waals surface area contributed by atoms with Crippen LogP contribution in [-0.4, -0.2) is 80.5 Å². The summed E-state index contributed by atoms with van der Waals surface area (Å²) in [6.45, 7) is 32.0. The van der Waals surface area contributed by atoms with Crippen molar-refractivity contribution in [2.45, 2.75) is 200 Å². The predicted octanol–water partition coefficient (Wildman–Crippen LogP) is 10.1. The van der Waals surface area contributed by atoms with Crippen molar-refractivity contribution < 1.29 is 24.2 Å². The average molecular weight is 686 g/mol. The van der Waals surface area contributed by atoms with E-state index in [9.17, 15) is 14.7 Å². The Balaban J connectivity index is 2.18. The van der Waals surface area contributed by atoms with Crippen LogP contribution in [0.3, 0.4) is 0 Å². The van der Waals surface area contributed by atoms with Crippen molar-refractivity contribution in [1.82, 2.24) is 14.7 Å². The summed E-state index contributed by atoms with van der Waals surface area (Å²) in [5.41, 5.74) is 0.816. The highest BCUT2D eigenvalue weighted by Gasteiger charge is 2.48. The lowest BCUT2D eigenvalue weighted by molar-refractivity contribution is -0.0830. The first-order valence-corrected chi connectivity index (χ1v) is 18.6. The molecule has 1 N–H and O–H groups in total. The normalized spacial score (nSPS) is 22.4. The second kappa shape index (κ2) is 14.0. The number of hydrogen-bond donors (Lipinski definition) is 1. The molecule has 1 aromatic rings. The zero-order valence-corrected chi connectivity index (χ0v) is 34.3. The number of amides is 2. The number of phenolic OH excluding ortho intramolecular Hbond substituents is 1. The SMILES string of the molecule is CCCCC(c1cc(C(C)(C)C)c(O)c(C(C)(C)C)c1)N(C(=O)OC1CC(C)(C)N(C)C(C)(C)C1)C(=O)OC1CC(C)(C)N(C)C(C)(C)C1. The van der Waals surface area contributed by atoms with Crippen molar-refractivity contribution in [2.24, 2.45) is 0 Å². The van der Waals surface area contributed by atoms with E-state index < -0.39 is 18.2 Å². The molecule has 280 valence electrons. The number of hydrogen-bond acceptors (Lipinski definition) is 7. The molecule has 0 spiro atoms. The predicted molar refractivity (Wildman–Crippen MR) is 200 cm³/mol. The molecule has 0 radical (unpaired) electrons. The van der Waals surface area contributed by atoms with Gasteiger partial charge in [0.05, 0.1) is 6.04 Å². The summed E-state index contributed by atoms with van der Waals surface area (Å²) in [6.07, 6.45) is 2.77. The maximum atomic E-state index is 14.6. The van der Waals surface area contributed by atoms with Crippen LogP contribution in [0.15, 0.2) is 12.1 Å². The number of aromatic hydroxyl groups is 1. The van der Waals surface area contributed by atoms with Gasteiger partial charge in [0.2, 0.25) is 0 Å². The molecule has 2 fully saturated rings. The van der Waals surface area contributed by atoms with Crippen molar-refractivity contribution in [3.63, 3.8) is 0 Å². The molecule has 0 aliphatic carbocycles. The lowest BCUT2D eigenvalue weighted by atomic mass is 9.77. The number of carbonyl (C=O) groups excluding carboxylic acids is 2. The second-order valence-corrected chi connectivity index (χ2v) is 19.7. The molecule has 2 saturated heterocycles. The van der Waals surface area contributed by atoms with Crippen LogP contribution in [0.4, 0.5) is 9.59 Å². The molecular weight excluding hydrogens is 614 g/mol. The molecule has 0 bridgehead atoms. The largest absolute Gasteiger partial charge is 0.507 e. The molecule has 2 amide bonds. The first kappa shape index (κ1) is 41.1. The van der Waals surface area contributed by atoms with Gasteiger partial charge >= 0.3 is 12.2 Å². The van der Waals surface area contributed by atoms with E-state index >= 15 is 0 Å². The molecule has 8 heteroatoms. The molecule has 8 nitrogen and oxygen atoms in total. The van der Waals surface area contributed by atoms with Crippen molar-refractivity contribution in [2.75, 3.05) is 14.1 Å². The number of imide groups is 1. The van der Waals surface area contributed by atoms with Crippen molar-refractivity contribution in [1.29, 1.82) is 0 Å². The van der Waals surface area contributed by atoms with E-state index in [1.165, 1.54) is 4.90 Å². The van der Waals surface area contributed by atoms with E-state index in [0.29, 0.717) is 32.1 Å². The van der Waals surface area contributed by atoms with Crippen LogP contribution in [0.5, 0.6) is 5.75 Å². The third-order valence-electron chi connectivity index (χ3n) is 11.7. The van der Waals surface area contributed by atoms with Gasteiger partial charge in [-0.25, -0.2) is 14.5 Å². The summed E-state index contributed by atoms with van der Waals surface area (Å²) in [5, 5.41) is 11.6. The van der Waals surface area contributed by atoms with Gasteiger partial charge in [0.1, 0.15) is 18.0 Å². The van der Waals surface area contributed by atoms with E-state index in [1.54, 1.807) is 0 Å². The highest BCUT2D eigenvalue weighted by atomic mass is 16.6. The Labute approximate surface area is 299 Å². The number of phenols is 1. The number of likely N-dealkylation sites (tertiary alicyclic amines) is 2. The highest BCUT2D eigenvalue weighted by Crippen LogP contribution is 2.44. The minimum absolute atomic E-state index is 0.203. The van der Waals surface area contributed by atoms with Crippen molar-refractivity contribution >= 4 is 12.2 Å². The van der Waals surface area contributed by atoms with Crippen molar-refractivity contribution in [3.05, 3.63) is 28.8 Å². The highest BCUT2D eigenvalue weighted by molar-refractivity contribution is 5.88. The van der Waals surface area contributed by atoms with E-state index in [-0.39, 0.29) is 50.9 Å². The van der Waals surface area contributed by atoms with E-state index in [4.69, 9.17) is 9.47 Å². The van der Waals surface area contributed by atoms with Crippen LogP contribution in [-0.2, 0) is 20.3 Å². The molecule has 2 heterocycles. The molecule has 1 unspecified atom stereocenters. The summed E-state index contributed by atoms with van der Waals surface area (Å²) in [5.74, 6) is 0.265. The van der Waals surface area contributed by atoms with Gasteiger partial charge in [0, 0.05) is 47.8 Å². The lowest BCUT2D eigenvalue weighted by Crippen LogP contribution is -2.61. The number of ether oxygens (including phenoxy) is 2. The van der Waals surface area contributed by atoms with Crippen LogP contribution in [0.2, 0.25) is 0 Å². The van der Waals surface area contributed by atoms with Gasteiger partial charge < -0.3 is 14.6 Å². The number of piperidine rings is 2. The maximum absolute atomic E-state index is 14.6. The summed E-state index contributed by atoms with van der Waals surface area (Å²) >= 11 is 0. The Morgan fingerprint density at radius 3 is 1.37 bits per heavy atom. The molecule has 1 atom stereocenters. The first-order valence-electron chi connectivity index (χ1n) is 18.6. The average Bonchev–Trinajstić information content (AvgIpc) is 2.90. The van der Waals surface area contributed by atoms with Crippen LogP contribution < -0.4 is 0 Å². The first-order chi connectivity index (χ1) is 22.0. The van der Waals surface area contributed by atoms with Crippen LogP contribution >= 0.6 is 0 Å². The van der Waals surface area contributed by atoms with Crippen LogP contribution in [0.25, 0.3) is 0 Å². The fraction of sp³-hybridized carbons (Fsp3) is 0.805. The van der Waals surface area contributed by atoms with Gasteiger partial charge in [-0.3, -0.25) is 9.80 Å². The Kier molecular flexibility index (Phi) is 11.8. The quantitative estimate of drug-likeness (QED) is 0.306. The summed E-state index contributed by atoms with van der Waals surface area (Å²) < 4.78 is 12.8.